The highest BCUT2D eigenvalue weighted by molar-refractivity contribution is 5.96. The number of nitrogens with zero attached hydrogens (tertiary/aromatic N) is 3. The van der Waals surface area contributed by atoms with Gasteiger partial charge in [0.2, 0.25) is 5.88 Å². The number of fused-ring (bicyclic) bond motifs is 2. The van der Waals surface area contributed by atoms with Gasteiger partial charge in [-0.1, -0.05) is 30.3 Å². The second-order valence-electron chi connectivity index (χ2n) is 8.08. The highest BCUT2D eigenvalue weighted by atomic mass is 16.6. The molecule has 0 spiro atoms. The summed E-state index contributed by atoms with van der Waals surface area (Å²) in [5.41, 5.74) is 4.25. The third kappa shape index (κ3) is 4.14. The van der Waals surface area contributed by atoms with Gasteiger partial charge >= 0.3 is 0 Å². The average molecular weight is 459 g/mol. The van der Waals surface area contributed by atoms with Crippen molar-refractivity contribution in [2.75, 3.05) is 18.5 Å². The van der Waals surface area contributed by atoms with Crippen LogP contribution in [0.3, 0.4) is 0 Å². The highest BCUT2D eigenvalue weighted by Gasteiger charge is 2.21. The van der Waals surface area contributed by atoms with Crippen molar-refractivity contribution >= 4 is 22.6 Å². The molecule has 3 heterocycles. The lowest BCUT2D eigenvalue weighted by Gasteiger charge is -2.20. The first-order chi connectivity index (χ1) is 16.5. The molecule has 0 saturated carbocycles. The molecule has 4 aromatic rings. The number of ether oxygens (including phenoxy) is 3. The Kier molecular flexibility index (Phi) is 5.79. The van der Waals surface area contributed by atoms with Gasteiger partial charge in [-0.05, 0) is 44.0 Å². The minimum atomic E-state index is -0.777. The third-order valence-electron chi connectivity index (χ3n) is 5.71. The minimum absolute atomic E-state index is 0.292. The highest BCUT2D eigenvalue weighted by Crippen LogP contribution is 2.34. The van der Waals surface area contributed by atoms with E-state index in [2.05, 4.69) is 10.4 Å². The summed E-state index contributed by atoms with van der Waals surface area (Å²) in [5, 5.41) is 8.50. The fourth-order valence-corrected chi connectivity index (χ4v) is 4.06. The Hall–Kier alpha value is -4.07. The third-order valence-corrected chi connectivity index (χ3v) is 5.71. The normalized spacial score (nSPS) is 13.5. The van der Waals surface area contributed by atoms with Gasteiger partial charge in [-0.3, -0.25) is 4.79 Å². The molecular formula is C26H26N4O4. The van der Waals surface area contributed by atoms with Crippen LogP contribution in [0.5, 0.6) is 17.4 Å². The number of pyridine rings is 1. The topological polar surface area (TPSA) is 87.5 Å². The fraction of sp³-hybridized carbons (Fsp3) is 0.269. The summed E-state index contributed by atoms with van der Waals surface area (Å²) in [5.74, 6) is 1.36. The lowest BCUT2D eigenvalue weighted by Crippen LogP contribution is -2.30. The van der Waals surface area contributed by atoms with Crippen LogP contribution in [0, 0.1) is 6.92 Å². The molecule has 1 aliphatic heterocycles. The number of aryl methyl sites for hydroxylation is 2. The largest absolute Gasteiger partial charge is 0.486 e. The van der Waals surface area contributed by atoms with Crippen molar-refractivity contribution in [3.8, 4) is 28.5 Å². The number of hydrogen-bond donors (Lipinski definition) is 1. The van der Waals surface area contributed by atoms with Crippen molar-refractivity contribution in [1.29, 1.82) is 0 Å². The first-order valence-corrected chi connectivity index (χ1v) is 11.3. The quantitative estimate of drug-likeness (QED) is 0.454. The van der Waals surface area contributed by atoms with Crippen molar-refractivity contribution in [2.45, 2.75) is 33.4 Å². The molecular weight excluding hydrogens is 432 g/mol. The smallest absolute Gasteiger partial charge is 0.265 e. The number of anilines is 1. The van der Waals surface area contributed by atoms with E-state index in [1.807, 2.05) is 54.9 Å². The SMILES string of the molecule is CCn1nc(C)c2c(-c3ccccc3)cc(O[C@H](C)C(=O)Nc3ccc4c(c3)OCCO4)nc21. The van der Waals surface area contributed by atoms with Crippen molar-refractivity contribution < 1.29 is 19.0 Å². The summed E-state index contributed by atoms with van der Waals surface area (Å²) in [6.45, 7) is 7.37. The molecule has 8 nitrogen and oxygen atoms in total. The van der Waals surface area contributed by atoms with Crippen LogP contribution in [0.4, 0.5) is 5.69 Å². The summed E-state index contributed by atoms with van der Waals surface area (Å²) in [6, 6.07) is 17.2. The number of hydrogen-bond acceptors (Lipinski definition) is 6. The van der Waals surface area contributed by atoms with Gasteiger partial charge in [0.05, 0.1) is 11.1 Å². The van der Waals surface area contributed by atoms with Gasteiger partial charge in [0.15, 0.2) is 23.3 Å². The Morgan fingerprint density at radius 2 is 1.88 bits per heavy atom. The number of benzene rings is 2. The predicted molar refractivity (Wildman–Crippen MR) is 130 cm³/mol. The predicted octanol–water partition coefficient (Wildman–Crippen LogP) is 4.60. The van der Waals surface area contributed by atoms with E-state index in [0.717, 1.165) is 27.9 Å². The van der Waals surface area contributed by atoms with Crippen molar-refractivity contribution in [1.82, 2.24) is 14.8 Å². The summed E-state index contributed by atoms with van der Waals surface area (Å²) in [4.78, 5) is 17.6. The monoisotopic (exact) mass is 458 g/mol. The van der Waals surface area contributed by atoms with E-state index in [0.29, 0.717) is 42.8 Å². The molecule has 0 aliphatic carbocycles. The summed E-state index contributed by atoms with van der Waals surface area (Å²) in [7, 11) is 0. The molecule has 5 rings (SSSR count). The van der Waals surface area contributed by atoms with E-state index < -0.39 is 6.10 Å². The van der Waals surface area contributed by atoms with Gasteiger partial charge < -0.3 is 19.5 Å². The van der Waals surface area contributed by atoms with Crippen molar-refractivity contribution in [3.05, 3.63) is 60.3 Å². The molecule has 34 heavy (non-hydrogen) atoms. The second kappa shape index (κ2) is 9.05. The molecule has 0 radical (unpaired) electrons. The van der Waals surface area contributed by atoms with Gasteiger partial charge in [0, 0.05) is 24.4 Å². The summed E-state index contributed by atoms with van der Waals surface area (Å²) in [6.07, 6.45) is -0.777. The maximum absolute atomic E-state index is 12.9. The lowest BCUT2D eigenvalue weighted by atomic mass is 10.0. The first kappa shape index (κ1) is 21.8. The molecule has 0 unspecified atom stereocenters. The molecule has 1 N–H and O–H groups in total. The average Bonchev–Trinajstić information content (AvgIpc) is 3.19. The van der Waals surface area contributed by atoms with E-state index in [9.17, 15) is 4.79 Å². The Labute approximate surface area is 197 Å². The Balaban J connectivity index is 1.42. The van der Waals surface area contributed by atoms with E-state index in [1.54, 1.807) is 25.1 Å². The van der Waals surface area contributed by atoms with Crippen molar-refractivity contribution in [3.63, 3.8) is 0 Å². The Morgan fingerprint density at radius 3 is 2.65 bits per heavy atom. The second-order valence-corrected chi connectivity index (χ2v) is 8.08. The molecule has 0 saturated heterocycles. The Bertz CT molecular complexity index is 1350. The molecule has 1 amide bonds. The van der Waals surface area contributed by atoms with Crippen LogP contribution < -0.4 is 19.5 Å². The van der Waals surface area contributed by atoms with Crippen LogP contribution in [0.15, 0.2) is 54.6 Å². The maximum Gasteiger partial charge on any atom is 0.265 e. The van der Waals surface area contributed by atoms with Gasteiger partial charge in [-0.2, -0.15) is 10.1 Å². The molecule has 2 aromatic heterocycles. The Morgan fingerprint density at radius 1 is 1.12 bits per heavy atom. The van der Waals surface area contributed by atoms with E-state index in [1.165, 1.54) is 0 Å². The number of aromatic nitrogens is 3. The van der Waals surface area contributed by atoms with Gasteiger partial charge in [0.25, 0.3) is 5.91 Å². The minimum Gasteiger partial charge on any atom is -0.486 e. The zero-order chi connectivity index (χ0) is 23.7. The standard InChI is InChI=1S/C26H26N4O4/c1-4-30-25-24(16(2)29-30)20(18-8-6-5-7-9-18)15-23(28-25)34-17(3)26(31)27-19-10-11-21-22(14-19)33-13-12-32-21/h5-11,14-15,17H,4,12-13H2,1-3H3,(H,27,31)/t17-/m1/s1. The molecule has 1 atom stereocenters. The van der Waals surface area contributed by atoms with Gasteiger partial charge in [0.1, 0.15) is 13.2 Å². The van der Waals surface area contributed by atoms with E-state index >= 15 is 0 Å². The molecule has 0 fully saturated rings. The molecule has 0 bridgehead atoms. The van der Waals surface area contributed by atoms with Crippen LogP contribution in [0.1, 0.15) is 19.5 Å². The summed E-state index contributed by atoms with van der Waals surface area (Å²) < 4.78 is 19.0. The number of carbonyl (C=O) groups is 1. The van der Waals surface area contributed by atoms with Crippen LogP contribution in [-0.2, 0) is 11.3 Å². The van der Waals surface area contributed by atoms with Crippen LogP contribution in [0.2, 0.25) is 0 Å². The van der Waals surface area contributed by atoms with Crippen LogP contribution in [-0.4, -0.2) is 40.0 Å². The van der Waals surface area contributed by atoms with Crippen LogP contribution >= 0.6 is 0 Å². The zero-order valence-electron chi connectivity index (χ0n) is 19.4. The maximum atomic E-state index is 12.9. The zero-order valence-corrected chi connectivity index (χ0v) is 19.4. The van der Waals surface area contributed by atoms with Gasteiger partial charge in [-0.15, -0.1) is 0 Å². The van der Waals surface area contributed by atoms with E-state index in [4.69, 9.17) is 19.2 Å². The lowest BCUT2D eigenvalue weighted by molar-refractivity contribution is -0.122. The fourth-order valence-electron chi connectivity index (χ4n) is 4.06. The van der Waals surface area contributed by atoms with Crippen molar-refractivity contribution in [2.24, 2.45) is 0 Å². The molecule has 8 heteroatoms. The number of carbonyl (C=O) groups excluding carboxylic acids is 1. The van der Waals surface area contributed by atoms with Gasteiger partial charge in [-0.25, -0.2) is 4.68 Å². The number of nitrogens with one attached hydrogen (secondary N) is 1. The molecule has 2 aromatic carbocycles. The summed E-state index contributed by atoms with van der Waals surface area (Å²) >= 11 is 0. The first-order valence-electron chi connectivity index (χ1n) is 11.3. The number of amides is 1. The molecule has 174 valence electrons. The van der Waals surface area contributed by atoms with E-state index in [-0.39, 0.29) is 5.91 Å². The molecule has 1 aliphatic rings. The van der Waals surface area contributed by atoms with Crippen LogP contribution in [0.25, 0.3) is 22.2 Å². The number of rotatable bonds is 6.